The first-order valence-electron chi connectivity index (χ1n) is 9.15. The van der Waals surface area contributed by atoms with Crippen LogP contribution in [0.3, 0.4) is 0 Å². The van der Waals surface area contributed by atoms with Crippen molar-refractivity contribution in [1.29, 1.82) is 0 Å². The molecule has 0 spiro atoms. The van der Waals surface area contributed by atoms with Gasteiger partial charge in [-0.2, -0.15) is 0 Å². The largest absolute Gasteiger partial charge is 0.573 e. The van der Waals surface area contributed by atoms with Gasteiger partial charge in [-0.25, -0.2) is 0 Å². The predicted octanol–water partition coefficient (Wildman–Crippen LogP) is 4.16. The standard InChI is InChI=1S/C20H21F3N2O3S/c1-24(12-14-6-8-16(9-7-14)28-20(21,22)23)18(26)15-4-2-10-25(13-15)19(27)17-5-3-11-29-17/h3,5-9,11,15H,2,4,10,12-13H2,1H3/t15-/m0/s1. The second-order valence-electron chi connectivity index (χ2n) is 6.95. The van der Waals surface area contributed by atoms with E-state index in [4.69, 9.17) is 0 Å². The quantitative estimate of drug-likeness (QED) is 0.722. The summed E-state index contributed by atoms with van der Waals surface area (Å²) in [5, 5.41) is 1.85. The van der Waals surface area contributed by atoms with Gasteiger partial charge >= 0.3 is 6.36 Å². The number of hydrogen-bond acceptors (Lipinski definition) is 4. The maximum Gasteiger partial charge on any atom is 0.573 e. The Labute approximate surface area is 170 Å². The summed E-state index contributed by atoms with van der Waals surface area (Å²) in [5.74, 6) is -0.722. The normalized spacial score (nSPS) is 17.1. The molecule has 1 aromatic carbocycles. The van der Waals surface area contributed by atoms with Crippen LogP contribution in [0.5, 0.6) is 5.75 Å². The zero-order chi connectivity index (χ0) is 21.0. The first kappa shape index (κ1) is 21.2. The number of ether oxygens (including phenoxy) is 1. The van der Waals surface area contributed by atoms with Crippen LogP contribution in [0.2, 0.25) is 0 Å². The third-order valence-electron chi connectivity index (χ3n) is 4.74. The van der Waals surface area contributed by atoms with Crippen molar-refractivity contribution in [2.24, 2.45) is 5.92 Å². The van der Waals surface area contributed by atoms with Crippen molar-refractivity contribution in [1.82, 2.24) is 9.80 Å². The van der Waals surface area contributed by atoms with Crippen molar-refractivity contribution in [3.63, 3.8) is 0 Å². The lowest BCUT2D eigenvalue weighted by Crippen LogP contribution is -2.45. The number of rotatable bonds is 5. The fourth-order valence-corrected chi connectivity index (χ4v) is 4.07. The maximum atomic E-state index is 12.8. The van der Waals surface area contributed by atoms with Crippen molar-refractivity contribution in [3.05, 3.63) is 52.2 Å². The van der Waals surface area contributed by atoms with Crippen LogP contribution in [0.25, 0.3) is 0 Å². The van der Waals surface area contributed by atoms with Crippen LogP contribution >= 0.6 is 11.3 Å². The van der Waals surface area contributed by atoms with Crippen LogP contribution < -0.4 is 4.74 Å². The molecule has 3 rings (SSSR count). The topological polar surface area (TPSA) is 49.9 Å². The monoisotopic (exact) mass is 426 g/mol. The zero-order valence-corrected chi connectivity index (χ0v) is 16.6. The summed E-state index contributed by atoms with van der Waals surface area (Å²) in [6.07, 6.45) is -3.28. The van der Waals surface area contributed by atoms with E-state index in [0.717, 1.165) is 6.42 Å². The minimum absolute atomic E-state index is 0.0552. The molecule has 0 N–H and O–H groups in total. The lowest BCUT2D eigenvalue weighted by Gasteiger charge is -2.33. The molecule has 5 nitrogen and oxygen atoms in total. The van der Waals surface area contributed by atoms with Crippen LogP contribution in [0.1, 0.15) is 28.1 Å². The van der Waals surface area contributed by atoms with Crippen molar-refractivity contribution in [2.75, 3.05) is 20.1 Å². The van der Waals surface area contributed by atoms with Gasteiger partial charge in [-0.3, -0.25) is 9.59 Å². The van der Waals surface area contributed by atoms with E-state index in [0.29, 0.717) is 30.0 Å². The highest BCUT2D eigenvalue weighted by molar-refractivity contribution is 7.12. The Morgan fingerprint density at radius 2 is 1.97 bits per heavy atom. The highest BCUT2D eigenvalue weighted by Crippen LogP contribution is 2.24. The summed E-state index contributed by atoms with van der Waals surface area (Å²) < 4.78 is 40.6. The van der Waals surface area contributed by atoms with Gasteiger partial charge in [0.2, 0.25) is 5.91 Å². The second-order valence-corrected chi connectivity index (χ2v) is 7.90. The lowest BCUT2D eigenvalue weighted by atomic mass is 9.96. The summed E-state index contributed by atoms with van der Waals surface area (Å²) in [5.41, 5.74) is 0.692. The Morgan fingerprint density at radius 1 is 1.24 bits per heavy atom. The maximum absolute atomic E-state index is 12.8. The summed E-state index contributed by atoms with van der Waals surface area (Å²) in [4.78, 5) is 29.3. The molecule has 2 heterocycles. The van der Waals surface area contributed by atoms with Crippen molar-refractivity contribution < 1.29 is 27.5 Å². The highest BCUT2D eigenvalue weighted by atomic mass is 32.1. The van der Waals surface area contributed by atoms with Gasteiger partial charge in [-0.1, -0.05) is 18.2 Å². The van der Waals surface area contributed by atoms with E-state index < -0.39 is 6.36 Å². The number of piperidine rings is 1. The van der Waals surface area contributed by atoms with E-state index in [1.54, 1.807) is 22.9 Å². The molecule has 2 aromatic rings. The Hall–Kier alpha value is -2.55. The number of amides is 2. The first-order chi connectivity index (χ1) is 13.7. The molecule has 2 amide bonds. The second kappa shape index (κ2) is 8.86. The fourth-order valence-electron chi connectivity index (χ4n) is 3.38. The molecule has 156 valence electrons. The van der Waals surface area contributed by atoms with E-state index in [-0.39, 0.29) is 30.0 Å². The number of thiophene rings is 1. The molecule has 0 aliphatic carbocycles. The molecule has 1 atom stereocenters. The van der Waals surface area contributed by atoms with Gasteiger partial charge in [0.15, 0.2) is 0 Å². The Kier molecular flexibility index (Phi) is 6.46. The number of nitrogens with zero attached hydrogens (tertiary/aromatic N) is 2. The van der Waals surface area contributed by atoms with Crippen LogP contribution in [0.4, 0.5) is 13.2 Å². The SMILES string of the molecule is CN(Cc1ccc(OC(F)(F)F)cc1)C(=O)[C@H]1CCCN(C(=O)c2cccs2)C1. The molecule has 0 bridgehead atoms. The van der Waals surface area contributed by atoms with E-state index in [9.17, 15) is 22.8 Å². The Bertz CT molecular complexity index is 838. The van der Waals surface area contributed by atoms with Crippen molar-refractivity contribution in [2.45, 2.75) is 25.7 Å². The Balaban J connectivity index is 1.57. The summed E-state index contributed by atoms with van der Waals surface area (Å²) in [6.45, 7) is 1.27. The molecule has 29 heavy (non-hydrogen) atoms. The van der Waals surface area contributed by atoms with Gasteiger partial charge in [0, 0.05) is 26.7 Å². The third-order valence-corrected chi connectivity index (χ3v) is 5.60. The number of benzene rings is 1. The number of carbonyl (C=O) groups is 2. The molecule has 9 heteroatoms. The minimum atomic E-state index is -4.73. The van der Waals surface area contributed by atoms with Gasteiger partial charge in [-0.05, 0) is 42.0 Å². The molecule has 0 saturated carbocycles. The molecule has 1 fully saturated rings. The smallest absolute Gasteiger partial charge is 0.406 e. The number of alkyl halides is 3. The number of hydrogen-bond donors (Lipinski definition) is 0. The summed E-state index contributed by atoms with van der Waals surface area (Å²) in [7, 11) is 1.66. The van der Waals surface area contributed by atoms with Crippen LogP contribution in [0.15, 0.2) is 41.8 Å². The van der Waals surface area contributed by atoms with Gasteiger partial charge in [0.1, 0.15) is 5.75 Å². The van der Waals surface area contributed by atoms with Crippen LogP contribution in [-0.4, -0.2) is 48.1 Å². The van der Waals surface area contributed by atoms with E-state index in [1.165, 1.54) is 35.6 Å². The third kappa shape index (κ3) is 5.72. The zero-order valence-electron chi connectivity index (χ0n) is 15.8. The minimum Gasteiger partial charge on any atom is -0.406 e. The number of carbonyl (C=O) groups excluding carboxylic acids is 2. The van der Waals surface area contributed by atoms with Gasteiger partial charge in [-0.15, -0.1) is 24.5 Å². The van der Waals surface area contributed by atoms with E-state index >= 15 is 0 Å². The van der Waals surface area contributed by atoms with Gasteiger partial charge < -0.3 is 14.5 Å². The molecule has 1 aromatic heterocycles. The van der Waals surface area contributed by atoms with Gasteiger partial charge in [0.25, 0.3) is 5.91 Å². The fraction of sp³-hybridized carbons (Fsp3) is 0.400. The number of halogens is 3. The summed E-state index contributed by atoms with van der Waals surface area (Å²) >= 11 is 1.38. The predicted molar refractivity (Wildman–Crippen MR) is 103 cm³/mol. The average molecular weight is 426 g/mol. The molecule has 0 radical (unpaired) electrons. The highest BCUT2D eigenvalue weighted by Gasteiger charge is 2.32. The average Bonchev–Trinajstić information content (AvgIpc) is 3.22. The van der Waals surface area contributed by atoms with Crippen molar-refractivity contribution >= 4 is 23.2 Å². The van der Waals surface area contributed by atoms with E-state index in [2.05, 4.69) is 4.74 Å². The molecular weight excluding hydrogens is 405 g/mol. The number of likely N-dealkylation sites (tertiary alicyclic amines) is 1. The molecular formula is C20H21F3N2O3S. The van der Waals surface area contributed by atoms with Crippen LogP contribution in [-0.2, 0) is 11.3 Å². The van der Waals surface area contributed by atoms with Crippen molar-refractivity contribution in [3.8, 4) is 5.75 Å². The first-order valence-corrected chi connectivity index (χ1v) is 10.0. The van der Waals surface area contributed by atoms with E-state index in [1.807, 2.05) is 11.4 Å². The lowest BCUT2D eigenvalue weighted by molar-refractivity contribution is -0.274. The van der Waals surface area contributed by atoms with Crippen LogP contribution in [0, 0.1) is 5.92 Å². The molecule has 0 unspecified atom stereocenters. The molecule has 1 aliphatic rings. The van der Waals surface area contributed by atoms with Gasteiger partial charge in [0.05, 0.1) is 10.8 Å². The molecule has 1 saturated heterocycles. The Morgan fingerprint density at radius 3 is 2.59 bits per heavy atom. The summed E-state index contributed by atoms with van der Waals surface area (Å²) in [6, 6.07) is 9.04. The molecule has 1 aliphatic heterocycles.